The molecule has 5 heteroatoms. The number of amides is 1. The molecule has 5 nitrogen and oxygen atoms in total. The number of nitrogens with one attached hydrogen (secondary N) is 1. The minimum atomic E-state index is -0.345. The van der Waals surface area contributed by atoms with Gasteiger partial charge >= 0.3 is 5.97 Å². The molecule has 1 amide bonds. The van der Waals surface area contributed by atoms with Crippen LogP contribution in [0.4, 0.5) is 5.69 Å². The number of anilines is 1. The molecule has 1 aliphatic heterocycles. The standard InChI is InChI=1S/C14H15NO4/c1-8-4-10(8)6-19-14(17)9-2-3-11-12(5-9)18-7-13(16)15-11/h2-3,5,8,10H,4,6-7H2,1H3,(H,15,16). The fraction of sp³-hybridized carbons (Fsp3) is 0.429. The van der Waals surface area contributed by atoms with E-state index in [9.17, 15) is 9.59 Å². The topological polar surface area (TPSA) is 64.6 Å². The van der Waals surface area contributed by atoms with Crippen molar-refractivity contribution in [1.82, 2.24) is 0 Å². The van der Waals surface area contributed by atoms with Crippen LogP contribution in [0.15, 0.2) is 18.2 Å². The van der Waals surface area contributed by atoms with Gasteiger partial charge in [-0.3, -0.25) is 4.79 Å². The number of hydrogen-bond donors (Lipinski definition) is 1. The first kappa shape index (κ1) is 12.0. The highest BCUT2D eigenvalue weighted by Gasteiger charge is 2.33. The lowest BCUT2D eigenvalue weighted by Crippen LogP contribution is -2.25. The third-order valence-corrected chi connectivity index (χ3v) is 3.55. The van der Waals surface area contributed by atoms with Gasteiger partial charge in [0.25, 0.3) is 5.91 Å². The number of carbonyl (C=O) groups is 2. The van der Waals surface area contributed by atoms with E-state index in [4.69, 9.17) is 9.47 Å². The van der Waals surface area contributed by atoms with Gasteiger partial charge in [0.15, 0.2) is 6.61 Å². The fourth-order valence-corrected chi connectivity index (χ4v) is 2.10. The molecule has 100 valence electrons. The van der Waals surface area contributed by atoms with Crippen LogP contribution in [0.1, 0.15) is 23.7 Å². The van der Waals surface area contributed by atoms with Gasteiger partial charge in [-0.25, -0.2) is 4.79 Å². The summed E-state index contributed by atoms with van der Waals surface area (Å²) in [6, 6.07) is 4.89. The first-order valence-corrected chi connectivity index (χ1v) is 6.37. The van der Waals surface area contributed by atoms with Crippen molar-refractivity contribution in [1.29, 1.82) is 0 Å². The Kier molecular flexibility index (Phi) is 2.89. The van der Waals surface area contributed by atoms with Crippen molar-refractivity contribution in [3.8, 4) is 5.75 Å². The quantitative estimate of drug-likeness (QED) is 0.843. The molecular weight excluding hydrogens is 246 g/mol. The maximum atomic E-state index is 11.9. The molecule has 1 heterocycles. The van der Waals surface area contributed by atoms with Crippen LogP contribution in [-0.2, 0) is 9.53 Å². The van der Waals surface area contributed by atoms with E-state index in [1.54, 1.807) is 18.2 Å². The second-order valence-corrected chi connectivity index (χ2v) is 5.12. The molecule has 2 unspecified atom stereocenters. The molecule has 19 heavy (non-hydrogen) atoms. The number of rotatable bonds is 3. The summed E-state index contributed by atoms with van der Waals surface area (Å²) in [5, 5.41) is 2.68. The molecule has 0 saturated heterocycles. The Morgan fingerprint density at radius 2 is 2.32 bits per heavy atom. The number of ether oxygens (including phenoxy) is 2. The Morgan fingerprint density at radius 3 is 3.05 bits per heavy atom. The summed E-state index contributed by atoms with van der Waals surface area (Å²) in [4.78, 5) is 23.0. The van der Waals surface area contributed by atoms with Gasteiger partial charge in [-0.1, -0.05) is 6.92 Å². The second-order valence-electron chi connectivity index (χ2n) is 5.12. The molecule has 1 saturated carbocycles. The molecule has 1 N–H and O–H groups in total. The van der Waals surface area contributed by atoms with E-state index in [1.807, 2.05) is 0 Å². The second kappa shape index (κ2) is 4.57. The Labute approximate surface area is 110 Å². The molecule has 0 spiro atoms. The highest BCUT2D eigenvalue weighted by molar-refractivity contribution is 5.97. The van der Waals surface area contributed by atoms with Gasteiger partial charge < -0.3 is 14.8 Å². The SMILES string of the molecule is CC1CC1COC(=O)c1ccc2c(c1)OCC(=O)N2. The van der Waals surface area contributed by atoms with E-state index in [2.05, 4.69) is 12.2 Å². The lowest BCUT2D eigenvalue weighted by atomic mass is 10.1. The van der Waals surface area contributed by atoms with Crippen LogP contribution in [0.2, 0.25) is 0 Å². The van der Waals surface area contributed by atoms with Crippen molar-refractivity contribution in [2.75, 3.05) is 18.5 Å². The summed E-state index contributed by atoms with van der Waals surface area (Å²) in [5.41, 5.74) is 1.03. The van der Waals surface area contributed by atoms with Gasteiger partial charge in [-0.2, -0.15) is 0 Å². The zero-order valence-electron chi connectivity index (χ0n) is 10.6. The highest BCUT2D eigenvalue weighted by Crippen LogP contribution is 2.38. The third kappa shape index (κ3) is 2.54. The van der Waals surface area contributed by atoms with Crippen LogP contribution in [0.5, 0.6) is 5.75 Å². The van der Waals surface area contributed by atoms with Crippen molar-refractivity contribution < 1.29 is 19.1 Å². The van der Waals surface area contributed by atoms with Gasteiger partial charge in [0.05, 0.1) is 17.9 Å². The number of fused-ring (bicyclic) bond motifs is 1. The number of carbonyl (C=O) groups excluding carboxylic acids is 2. The fourth-order valence-electron chi connectivity index (χ4n) is 2.10. The normalized spacial score (nSPS) is 23.9. The molecule has 1 aromatic carbocycles. The van der Waals surface area contributed by atoms with Gasteiger partial charge in [-0.15, -0.1) is 0 Å². The lowest BCUT2D eigenvalue weighted by Gasteiger charge is -2.18. The Hall–Kier alpha value is -2.04. The molecule has 1 aromatic rings. The summed E-state index contributed by atoms with van der Waals surface area (Å²) in [6.45, 7) is 2.60. The predicted molar refractivity (Wildman–Crippen MR) is 68.1 cm³/mol. The molecule has 1 fully saturated rings. The van der Waals surface area contributed by atoms with Gasteiger partial charge in [-0.05, 0) is 36.5 Å². The van der Waals surface area contributed by atoms with Crippen molar-refractivity contribution >= 4 is 17.6 Å². The Bertz CT molecular complexity index is 540. The summed E-state index contributed by atoms with van der Waals surface area (Å²) in [7, 11) is 0. The van der Waals surface area contributed by atoms with Crippen molar-refractivity contribution in [3.05, 3.63) is 23.8 Å². The molecule has 2 aliphatic rings. The molecule has 0 radical (unpaired) electrons. The van der Waals surface area contributed by atoms with Gasteiger partial charge in [0, 0.05) is 0 Å². The van der Waals surface area contributed by atoms with Crippen LogP contribution in [0, 0.1) is 11.8 Å². The average Bonchev–Trinajstić information content (AvgIpc) is 3.11. The van der Waals surface area contributed by atoms with Gasteiger partial charge in [0.2, 0.25) is 0 Å². The highest BCUT2D eigenvalue weighted by atomic mass is 16.5. The zero-order valence-corrected chi connectivity index (χ0v) is 10.6. The maximum Gasteiger partial charge on any atom is 0.338 e. The first-order chi connectivity index (χ1) is 9.13. The van der Waals surface area contributed by atoms with E-state index in [-0.39, 0.29) is 18.5 Å². The Morgan fingerprint density at radius 1 is 1.53 bits per heavy atom. The molecule has 0 bridgehead atoms. The van der Waals surface area contributed by atoms with E-state index in [0.29, 0.717) is 35.4 Å². The van der Waals surface area contributed by atoms with E-state index >= 15 is 0 Å². The van der Waals surface area contributed by atoms with Crippen LogP contribution in [0.25, 0.3) is 0 Å². The smallest absolute Gasteiger partial charge is 0.338 e. The summed E-state index contributed by atoms with van der Waals surface area (Å²) < 4.78 is 10.5. The molecule has 3 rings (SSSR count). The molecule has 1 aliphatic carbocycles. The monoisotopic (exact) mass is 261 g/mol. The largest absolute Gasteiger partial charge is 0.482 e. The summed E-state index contributed by atoms with van der Waals surface area (Å²) in [6.07, 6.45) is 1.13. The predicted octanol–water partition coefficient (Wildman–Crippen LogP) is 1.83. The van der Waals surface area contributed by atoms with Crippen LogP contribution in [0.3, 0.4) is 0 Å². The minimum Gasteiger partial charge on any atom is -0.482 e. The number of esters is 1. The van der Waals surface area contributed by atoms with Crippen molar-refractivity contribution in [3.63, 3.8) is 0 Å². The van der Waals surface area contributed by atoms with Crippen LogP contribution in [-0.4, -0.2) is 25.1 Å². The first-order valence-electron chi connectivity index (χ1n) is 6.37. The van der Waals surface area contributed by atoms with Crippen LogP contribution >= 0.6 is 0 Å². The molecule has 2 atom stereocenters. The third-order valence-electron chi connectivity index (χ3n) is 3.55. The van der Waals surface area contributed by atoms with Crippen LogP contribution < -0.4 is 10.1 Å². The minimum absolute atomic E-state index is 0.0227. The molecular formula is C14H15NO4. The van der Waals surface area contributed by atoms with Crippen molar-refractivity contribution in [2.24, 2.45) is 11.8 Å². The van der Waals surface area contributed by atoms with E-state index < -0.39 is 0 Å². The Balaban J connectivity index is 1.67. The zero-order chi connectivity index (χ0) is 13.4. The summed E-state index contributed by atoms with van der Waals surface area (Å²) in [5.74, 6) is 1.15. The number of benzene rings is 1. The van der Waals surface area contributed by atoms with E-state index in [0.717, 1.165) is 6.42 Å². The maximum absolute atomic E-state index is 11.9. The average molecular weight is 261 g/mol. The molecule has 0 aromatic heterocycles. The number of hydrogen-bond acceptors (Lipinski definition) is 4. The lowest BCUT2D eigenvalue weighted by molar-refractivity contribution is -0.118. The van der Waals surface area contributed by atoms with Gasteiger partial charge in [0.1, 0.15) is 5.75 Å². The summed E-state index contributed by atoms with van der Waals surface area (Å²) >= 11 is 0. The van der Waals surface area contributed by atoms with Crippen molar-refractivity contribution in [2.45, 2.75) is 13.3 Å². The van der Waals surface area contributed by atoms with E-state index in [1.165, 1.54) is 0 Å².